The molecule has 5 heteroatoms. The SMILES string of the molecule is Fc1cccc(F)c1-c1cnc[nH]c1=S. The Hall–Kier alpha value is -1.62. The van der Waals surface area contributed by atoms with E-state index in [2.05, 4.69) is 9.97 Å². The molecule has 1 aromatic carbocycles. The van der Waals surface area contributed by atoms with Crippen LogP contribution in [0.2, 0.25) is 0 Å². The number of rotatable bonds is 1. The van der Waals surface area contributed by atoms with Gasteiger partial charge in [-0.05, 0) is 12.1 Å². The van der Waals surface area contributed by atoms with Crippen molar-refractivity contribution in [3.05, 3.63) is 47.0 Å². The Morgan fingerprint density at radius 3 is 2.47 bits per heavy atom. The summed E-state index contributed by atoms with van der Waals surface area (Å²) in [5, 5.41) is 0. The lowest BCUT2D eigenvalue weighted by Crippen LogP contribution is -1.92. The fourth-order valence-electron chi connectivity index (χ4n) is 1.28. The third kappa shape index (κ3) is 1.78. The van der Waals surface area contributed by atoms with E-state index in [1.165, 1.54) is 30.7 Å². The lowest BCUT2D eigenvalue weighted by atomic mass is 10.1. The van der Waals surface area contributed by atoms with E-state index < -0.39 is 11.6 Å². The second-order valence-electron chi connectivity index (χ2n) is 2.89. The van der Waals surface area contributed by atoms with Crippen LogP contribution >= 0.6 is 12.2 Å². The van der Waals surface area contributed by atoms with Crippen molar-refractivity contribution in [1.82, 2.24) is 9.97 Å². The molecule has 2 rings (SSSR count). The van der Waals surface area contributed by atoms with Gasteiger partial charge < -0.3 is 4.98 Å². The summed E-state index contributed by atoms with van der Waals surface area (Å²) < 4.78 is 27.0. The Kier molecular flexibility index (Phi) is 2.55. The van der Waals surface area contributed by atoms with Gasteiger partial charge in [0, 0.05) is 11.8 Å². The molecule has 0 radical (unpaired) electrons. The van der Waals surface area contributed by atoms with E-state index in [1.54, 1.807) is 0 Å². The number of nitrogens with zero attached hydrogens (tertiary/aromatic N) is 1. The minimum atomic E-state index is -0.650. The summed E-state index contributed by atoms with van der Waals surface area (Å²) in [6.45, 7) is 0. The Morgan fingerprint density at radius 2 is 1.87 bits per heavy atom. The number of hydrogen-bond donors (Lipinski definition) is 1. The normalized spacial score (nSPS) is 10.3. The highest BCUT2D eigenvalue weighted by Crippen LogP contribution is 2.25. The molecule has 0 fully saturated rings. The maximum Gasteiger partial charge on any atom is 0.134 e. The number of nitrogens with one attached hydrogen (secondary N) is 1. The maximum atomic E-state index is 13.4. The summed E-state index contributed by atoms with van der Waals surface area (Å²) in [7, 11) is 0. The Labute approximate surface area is 89.6 Å². The third-order valence-electron chi connectivity index (χ3n) is 1.95. The minimum absolute atomic E-state index is 0.146. The molecule has 0 amide bonds. The zero-order valence-corrected chi connectivity index (χ0v) is 8.31. The van der Waals surface area contributed by atoms with Crippen LogP contribution in [0.15, 0.2) is 30.7 Å². The van der Waals surface area contributed by atoms with Gasteiger partial charge in [-0.15, -0.1) is 0 Å². The van der Waals surface area contributed by atoms with Crippen molar-refractivity contribution in [2.45, 2.75) is 0 Å². The molecule has 0 unspecified atom stereocenters. The highest BCUT2D eigenvalue weighted by Gasteiger charge is 2.12. The molecule has 1 heterocycles. The van der Waals surface area contributed by atoms with Crippen molar-refractivity contribution in [3.8, 4) is 11.1 Å². The first-order chi connectivity index (χ1) is 7.20. The maximum absolute atomic E-state index is 13.4. The number of halogens is 2. The molecule has 0 aliphatic carbocycles. The summed E-state index contributed by atoms with van der Waals surface area (Å²) in [6, 6.07) is 3.66. The number of H-pyrrole nitrogens is 1. The van der Waals surface area contributed by atoms with Crippen molar-refractivity contribution in [2.24, 2.45) is 0 Å². The zero-order valence-electron chi connectivity index (χ0n) is 7.50. The molecule has 2 aromatic rings. The number of hydrogen-bond acceptors (Lipinski definition) is 2. The molecule has 15 heavy (non-hydrogen) atoms. The molecule has 2 nitrogen and oxygen atoms in total. The monoisotopic (exact) mass is 224 g/mol. The van der Waals surface area contributed by atoms with E-state index in [0.29, 0.717) is 0 Å². The summed E-state index contributed by atoms with van der Waals surface area (Å²) in [5.41, 5.74) is 0.106. The summed E-state index contributed by atoms with van der Waals surface area (Å²) >= 11 is 4.92. The van der Waals surface area contributed by atoms with Crippen LogP contribution in [-0.2, 0) is 0 Å². The first kappa shape index (κ1) is 9.92. The molecular formula is C10H6F2N2S. The van der Waals surface area contributed by atoms with Crippen molar-refractivity contribution < 1.29 is 8.78 Å². The van der Waals surface area contributed by atoms with Gasteiger partial charge in [0.25, 0.3) is 0 Å². The van der Waals surface area contributed by atoms with Crippen LogP contribution in [0.4, 0.5) is 8.78 Å². The molecule has 0 spiro atoms. The predicted molar refractivity (Wildman–Crippen MR) is 54.8 cm³/mol. The number of aromatic amines is 1. The van der Waals surface area contributed by atoms with Crippen LogP contribution in [0.25, 0.3) is 11.1 Å². The lowest BCUT2D eigenvalue weighted by molar-refractivity contribution is 0.589. The van der Waals surface area contributed by atoms with E-state index in [9.17, 15) is 8.78 Å². The van der Waals surface area contributed by atoms with Crippen LogP contribution in [0, 0.1) is 16.3 Å². The van der Waals surface area contributed by atoms with Gasteiger partial charge in [-0.25, -0.2) is 13.8 Å². The average molecular weight is 224 g/mol. The van der Waals surface area contributed by atoms with Gasteiger partial charge >= 0.3 is 0 Å². The van der Waals surface area contributed by atoms with Gasteiger partial charge in [0.05, 0.1) is 11.9 Å². The molecule has 1 aromatic heterocycles. The minimum Gasteiger partial charge on any atom is -0.337 e. The molecule has 0 aliphatic rings. The molecule has 0 saturated carbocycles. The first-order valence-electron chi connectivity index (χ1n) is 4.17. The molecule has 0 atom stereocenters. The molecule has 0 aliphatic heterocycles. The molecular weight excluding hydrogens is 218 g/mol. The second kappa shape index (κ2) is 3.86. The molecule has 1 N–H and O–H groups in total. The smallest absolute Gasteiger partial charge is 0.134 e. The molecule has 76 valence electrons. The molecule has 0 bridgehead atoms. The number of aromatic nitrogens is 2. The number of benzene rings is 1. The van der Waals surface area contributed by atoms with Crippen LogP contribution in [0.1, 0.15) is 0 Å². The summed E-state index contributed by atoms with van der Waals surface area (Å²) in [4.78, 5) is 6.37. The topological polar surface area (TPSA) is 28.7 Å². The van der Waals surface area contributed by atoms with Crippen LogP contribution < -0.4 is 0 Å². The molecule has 0 saturated heterocycles. The van der Waals surface area contributed by atoms with Crippen molar-refractivity contribution in [3.63, 3.8) is 0 Å². The fourth-order valence-corrected chi connectivity index (χ4v) is 1.48. The van der Waals surface area contributed by atoms with E-state index in [0.717, 1.165) is 0 Å². The summed E-state index contributed by atoms with van der Waals surface area (Å²) in [6.07, 6.45) is 2.70. The Morgan fingerprint density at radius 1 is 1.20 bits per heavy atom. The largest absolute Gasteiger partial charge is 0.337 e. The third-order valence-corrected chi connectivity index (χ3v) is 2.29. The van der Waals surface area contributed by atoms with Crippen molar-refractivity contribution in [2.75, 3.05) is 0 Å². The van der Waals surface area contributed by atoms with Crippen molar-refractivity contribution >= 4 is 12.2 Å². The quantitative estimate of drug-likeness (QED) is 0.754. The van der Waals surface area contributed by atoms with E-state index >= 15 is 0 Å². The fraction of sp³-hybridized carbons (Fsp3) is 0. The first-order valence-corrected chi connectivity index (χ1v) is 4.58. The Balaban J connectivity index is 2.75. The van der Waals surface area contributed by atoms with E-state index in [4.69, 9.17) is 12.2 Å². The van der Waals surface area contributed by atoms with E-state index in [1.807, 2.05) is 0 Å². The van der Waals surface area contributed by atoms with Crippen LogP contribution in [0.3, 0.4) is 0 Å². The van der Waals surface area contributed by atoms with Gasteiger partial charge in [0.1, 0.15) is 16.3 Å². The van der Waals surface area contributed by atoms with Crippen LogP contribution in [-0.4, -0.2) is 9.97 Å². The van der Waals surface area contributed by atoms with Crippen LogP contribution in [0.5, 0.6) is 0 Å². The zero-order chi connectivity index (χ0) is 10.8. The van der Waals surface area contributed by atoms with Crippen molar-refractivity contribution in [1.29, 1.82) is 0 Å². The predicted octanol–water partition coefficient (Wildman–Crippen LogP) is 3.08. The van der Waals surface area contributed by atoms with Gasteiger partial charge in [0.15, 0.2) is 0 Å². The highest BCUT2D eigenvalue weighted by atomic mass is 32.1. The Bertz CT molecular complexity index is 531. The van der Waals surface area contributed by atoms with E-state index in [-0.39, 0.29) is 15.8 Å². The van der Waals surface area contributed by atoms with Gasteiger partial charge in [-0.1, -0.05) is 18.3 Å². The van der Waals surface area contributed by atoms with Gasteiger partial charge in [-0.3, -0.25) is 0 Å². The summed E-state index contributed by atoms with van der Waals surface area (Å²) in [5.74, 6) is -1.30. The average Bonchev–Trinajstić information content (AvgIpc) is 2.20. The lowest BCUT2D eigenvalue weighted by Gasteiger charge is -2.03. The second-order valence-corrected chi connectivity index (χ2v) is 3.30. The van der Waals surface area contributed by atoms with Gasteiger partial charge in [0.2, 0.25) is 0 Å². The van der Waals surface area contributed by atoms with Gasteiger partial charge in [-0.2, -0.15) is 0 Å². The highest BCUT2D eigenvalue weighted by molar-refractivity contribution is 7.71. The standard InChI is InChI=1S/C10H6F2N2S/c11-7-2-1-3-8(12)9(7)6-4-13-5-14-10(6)15/h1-5H,(H,13,14,15).